The Labute approximate surface area is 204 Å². The summed E-state index contributed by atoms with van der Waals surface area (Å²) in [6.07, 6.45) is 3.81. The number of aromatic nitrogens is 1. The molecule has 35 heavy (non-hydrogen) atoms. The van der Waals surface area contributed by atoms with Gasteiger partial charge in [0, 0.05) is 51.1 Å². The van der Waals surface area contributed by atoms with Crippen LogP contribution in [0.5, 0.6) is 0 Å². The molecule has 180 valence electrons. The minimum Gasteiger partial charge on any atom is -0.355 e. The second-order valence-electron chi connectivity index (χ2n) is 9.65. The Morgan fingerprint density at radius 3 is 2.57 bits per heavy atom. The molecule has 2 N–H and O–H groups in total. The normalized spacial score (nSPS) is 20.3. The average Bonchev–Trinajstić information content (AvgIpc) is 3.32. The van der Waals surface area contributed by atoms with E-state index in [2.05, 4.69) is 22.4 Å². The summed E-state index contributed by atoms with van der Waals surface area (Å²) in [6, 6.07) is 17.8. The molecule has 1 unspecified atom stereocenters. The molecule has 7 nitrogen and oxygen atoms in total. The first-order valence-electron chi connectivity index (χ1n) is 12.0. The second-order valence-corrected chi connectivity index (χ2v) is 9.65. The van der Waals surface area contributed by atoms with E-state index < -0.39 is 5.41 Å². The SMILES string of the molecule is CN(C)C(=O)c1cc2ccc(C3=CCCN(C(=O)C4(c5ccccc5)CCC(=O)NC4)C3)cc2[nH]1. The number of amides is 3. The number of hydrogen-bond donors (Lipinski definition) is 2. The van der Waals surface area contributed by atoms with E-state index in [1.807, 2.05) is 53.4 Å². The molecule has 0 radical (unpaired) electrons. The van der Waals surface area contributed by atoms with Crippen molar-refractivity contribution in [3.8, 4) is 0 Å². The number of nitrogens with one attached hydrogen (secondary N) is 2. The molecule has 1 aromatic heterocycles. The highest BCUT2D eigenvalue weighted by molar-refractivity contribution is 5.98. The van der Waals surface area contributed by atoms with Crippen molar-refractivity contribution in [3.63, 3.8) is 0 Å². The van der Waals surface area contributed by atoms with Gasteiger partial charge in [-0.25, -0.2) is 0 Å². The summed E-state index contributed by atoms with van der Waals surface area (Å²) in [5, 5.41) is 3.91. The Hall–Kier alpha value is -3.87. The summed E-state index contributed by atoms with van der Waals surface area (Å²) in [6.45, 7) is 1.48. The first-order chi connectivity index (χ1) is 16.9. The number of piperidine rings is 1. The van der Waals surface area contributed by atoms with Gasteiger partial charge in [0.15, 0.2) is 0 Å². The largest absolute Gasteiger partial charge is 0.355 e. The maximum atomic E-state index is 14.0. The number of carbonyl (C=O) groups is 3. The van der Waals surface area contributed by atoms with Crippen LogP contribution < -0.4 is 5.32 Å². The Morgan fingerprint density at radius 1 is 1.06 bits per heavy atom. The van der Waals surface area contributed by atoms with Crippen LogP contribution in [0.3, 0.4) is 0 Å². The molecule has 2 aliphatic heterocycles. The van der Waals surface area contributed by atoms with E-state index in [4.69, 9.17) is 0 Å². The van der Waals surface area contributed by atoms with Gasteiger partial charge in [0.05, 0.1) is 5.41 Å². The van der Waals surface area contributed by atoms with Crippen molar-refractivity contribution in [1.29, 1.82) is 0 Å². The highest BCUT2D eigenvalue weighted by atomic mass is 16.2. The van der Waals surface area contributed by atoms with Gasteiger partial charge in [-0.15, -0.1) is 0 Å². The zero-order valence-electron chi connectivity index (χ0n) is 20.1. The van der Waals surface area contributed by atoms with Gasteiger partial charge in [-0.3, -0.25) is 14.4 Å². The van der Waals surface area contributed by atoms with Crippen LogP contribution in [0.4, 0.5) is 0 Å². The number of carbonyl (C=O) groups excluding carboxylic acids is 3. The smallest absolute Gasteiger partial charge is 0.269 e. The number of aromatic amines is 1. The number of benzene rings is 2. The van der Waals surface area contributed by atoms with E-state index in [1.165, 1.54) is 0 Å². The van der Waals surface area contributed by atoms with Crippen molar-refractivity contribution in [3.05, 3.63) is 77.5 Å². The third kappa shape index (κ3) is 4.22. The lowest BCUT2D eigenvalue weighted by Crippen LogP contribution is -2.56. The van der Waals surface area contributed by atoms with Crippen LogP contribution in [0.1, 0.15) is 40.9 Å². The summed E-state index contributed by atoms with van der Waals surface area (Å²) in [7, 11) is 3.47. The standard InChI is InChI=1S/C28H30N4O3/c1-31(2)26(34)24-16-20-11-10-19(15-23(20)30-24)21-7-6-14-32(17-21)27(35)28(13-12-25(33)29-18-28)22-8-4-3-5-9-22/h3-5,7-11,15-16,30H,6,12-14,17-18H2,1-2H3,(H,29,33). The molecule has 1 atom stereocenters. The van der Waals surface area contributed by atoms with Gasteiger partial charge in [-0.05, 0) is 41.7 Å². The van der Waals surface area contributed by atoms with E-state index in [0.717, 1.165) is 34.0 Å². The summed E-state index contributed by atoms with van der Waals surface area (Å²) >= 11 is 0. The van der Waals surface area contributed by atoms with Crippen LogP contribution in [0.15, 0.2) is 60.7 Å². The predicted molar refractivity (Wildman–Crippen MR) is 136 cm³/mol. The van der Waals surface area contributed by atoms with E-state index in [-0.39, 0.29) is 17.7 Å². The van der Waals surface area contributed by atoms with E-state index in [0.29, 0.717) is 38.2 Å². The van der Waals surface area contributed by atoms with Crippen molar-refractivity contribution in [1.82, 2.24) is 20.1 Å². The lowest BCUT2D eigenvalue weighted by molar-refractivity contribution is -0.139. The van der Waals surface area contributed by atoms with E-state index in [1.54, 1.807) is 19.0 Å². The number of H-pyrrole nitrogens is 1. The molecule has 3 heterocycles. The van der Waals surface area contributed by atoms with Crippen LogP contribution >= 0.6 is 0 Å². The zero-order valence-corrected chi connectivity index (χ0v) is 20.1. The lowest BCUT2D eigenvalue weighted by atomic mass is 9.73. The third-order valence-electron chi connectivity index (χ3n) is 7.17. The molecule has 7 heteroatoms. The average molecular weight is 471 g/mol. The molecule has 3 amide bonds. The fourth-order valence-corrected chi connectivity index (χ4v) is 5.17. The predicted octanol–water partition coefficient (Wildman–Crippen LogP) is 3.33. The monoisotopic (exact) mass is 470 g/mol. The first-order valence-corrected chi connectivity index (χ1v) is 12.0. The highest BCUT2D eigenvalue weighted by Gasteiger charge is 2.45. The maximum Gasteiger partial charge on any atom is 0.269 e. The van der Waals surface area contributed by atoms with Crippen LogP contribution in [-0.4, -0.2) is 66.2 Å². The second kappa shape index (κ2) is 9.06. The first kappa shape index (κ1) is 22.9. The lowest BCUT2D eigenvalue weighted by Gasteiger charge is -2.41. The number of rotatable bonds is 4. The van der Waals surface area contributed by atoms with Crippen molar-refractivity contribution in [2.45, 2.75) is 24.7 Å². The highest BCUT2D eigenvalue weighted by Crippen LogP contribution is 2.35. The molecule has 0 aliphatic carbocycles. The molecule has 2 aliphatic rings. The molecule has 0 spiro atoms. The maximum absolute atomic E-state index is 14.0. The summed E-state index contributed by atoms with van der Waals surface area (Å²) in [4.78, 5) is 45.0. The summed E-state index contributed by atoms with van der Waals surface area (Å²) in [5.41, 5.74) is 3.78. The van der Waals surface area contributed by atoms with Crippen molar-refractivity contribution in [2.24, 2.45) is 0 Å². The van der Waals surface area contributed by atoms with Gasteiger partial charge in [-0.1, -0.05) is 48.5 Å². The number of fused-ring (bicyclic) bond motifs is 1. The fraction of sp³-hybridized carbons (Fsp3) is 0.321. The molecular weight excluding hydrogens is 440 g/mol. The number of nitrogens with zero attached hydrogens (tertiary/aromatic N) is 2. The van der Waals surface area contributed by atoms with Gasteiger partial charge in [0.25, 0.3) is 5.91 Å². The van der Waals surface area contributed by atoms with Crippen molar-refractivity contribution < 1.29 is 14.4 Å². The molecular formula is C28H30N4O3. The minimum absolute atomic E-state index is 0.00467. The van der Waals surface area contributed by atoms with Gasteiger partial charge < -0.3 is 20.1 Å². The molecule has 3 aromatic rings. The molecule has 1 saturated heterocycles. The molecule has 0 saturated carbocycles. The van der Waals surface area contributed by atoms with E-state index in [9.17, 15) is 14.4 Å². The van der Waals surface area contributed by atoms with Gasteiger partial charge in [0.1, 0.15) is 5.69 Å². The van der Waals surface area contributed by atoms with Gasteiger partial charge in [0.2, 0.25) is 11.8 Å². The Bertz CT molecular complexity index is 1310. The number of hydrogen-bond acceptors (Lipinski definition) is 3. The quantitative estimate of drug-likeness (QED) is 0.613. The van der Waals surface area contributed by atoms with Crippen LogP contribution in [-0.2, 0) is 15.0 Å². The van der Waals surface area contributed by atoms with Crippen LogP contribution in [0.2, 0.25) is 0 Å². The van der Waals surface area contributed by atoms with Crippen LogP contribution in [0.25, 0.3) is 16.5 Å². The fourth-order valence-electron chi connectivity index (χ4n) is 5.17. The summed E-state index contributed by atoms with van der Waals surface area (Å²) in [5.74, 6) is -0.00809. The Balaban J connectivity index is 1.41. The minimum atomic E-state index is -0.748. The zero-order chi connectivity index (χ0) is 24.6. The third-order valence-corrected chi connectivity index (χ3v) is 7.17. The molecule has 0 bridgehead atoms. The van der Waals surface area contributed by atoms with Crippen LogP contribution in [0, 0.1) is 0 Å². The molecule has 2 aromatic carbocycles. The Morgan fingerprint density at radius 2 is 1.86 bits per heavy atom. The van der Waals surface area contributed by atoms with Crippen molar-refractivity contribution >= 4 is 34.2 Å². The van der Waals surface area contributed by atoms with Crippen molar-refractivity contribution in [2.75, 3.05) is 33.7 Å². The molecule has 5 rings (SSSR count). The topological polar surface area (TPSA) is 85.5 Å². The summed E-state index contributed by atoms with van der Waals surface area (Å²) < 4.78 is 0. The van der Waals surface area contributed by atoms with E-state index >= 15 is 0 Å². The Kier molecular flexibility index (Phi) is 5.93. The van der Waals surface area contributed by atoms with Gasteiger partial charge >= 0.3 is 0 Å². The van der Waals surface area contributed by atoms with Gasteiger partial charge in [-0.2, -0.15) is 0 Å². The molecule has 1 fully saturated rings.